The first-order valence-corrected chi connectivity index (χ1v) is 13.0. The summed E-state index contributed by atoms with van der Waals surface area (Å²) in [6, 6.07) is 8.74. The van der Waals surface area contributed by atoms with E-state index in [4.69, 9.17) is 29.4 Å². The summed E-state index contributed by atoms with van der Waals surface area (Å²) in [5.41, 5.74) is 3.70. The molecule has 3 aliphatic heterocycles. The number of hydrogen-bond acceptors (Lipinski definition) is 8. The quantitative estimate of drug-likeness (QED) is 0.422. The van der Waals surface area contributed by atoms with Crippen LogP contribution in [0, 0.1) is 12.8 Å². The molecule has 0 bridgehead atoms. The maximum atomic E-state index is 5.63. The Morgan fingerprint density at radius 1 is 0.972 bits per heavy atom. The fourth-order valence-corrected chi connectivity index (χ4v) is 5.86. The van der Waals surface area contributed by atoms with E-state index in [0.717, 1.165) is 91.9 Å². The standard InChI is InChI=1S/C26H32N8O2/c1-17-27-20-5-3-4-6-21(20)34(17)26-29-24-23(25(30-26)32-8-11-35-12-9-32)28-22(31(24)2)13-18-14-33(15-18)19-7-10-36-16-19/h3-6,18-19H,7-16H2,1-2H3. The van der Waals surface area contributed by atoms with Crippen molar-refractivity contribution in [3.05, 3.63) is 35.9 Å². The molecule has 36 heavy (non-hydrogen) atoms. The first-order valence-electron chi connectivity index (χ1n) is 13.0. The number of benzene rings is 1. The number of aromatic nitrogens is 6. The molecule has 3 saturated heterocycles. The van der Waals surface area contributed by atoms with Gasteiger partial charge in [-0.1, -0.05) is 12.1 Å². The second-order valence-electron chi connectivity index (χ2n) is 10.2. The van der Waals surface area contributed by atoms with Gasteiger partial charge in [-0.2, -0.15) is 9.97 Å². The zero-order chi connectivity index (χ0) is 24.2. The zero-order valence-electron chi connectivity index (χ0n) is 20.9. The van der Waals surface area contributed by atoms with Crippen molar-refractivity contribution >= 4 is 28.0 Å². The van der Waals surface area contributed by atoms with Crippen molar-refractivity contribution in [1.29, 1.82) is 0 Å². The molecule has 188 valence electrons. The van der Waals surface area contributed by atoms with Crippen LogP contribution in [0.25, 0.3) is 28.1 Å². The molecular formula is C26H32N8O2. The summed E-state index contributed by atoms with van der Waals surface area (Å²) in [6.45, 7) is 8.98. The average Bonchev–Trinajstić information content (AvgIpc) is 3.59. The summed E-state index contributed by atoms with van der Waals surface area (Å²) < 4.78 is 15.4. The summed E-state index contributed by atoms with van der Waals surface area (Å²) in [5, 5.41) is 0. The molecule has 7 rings (SSSR count). The lowest BCUT2D eigenvalue weighted by atomic mass is 9.93. The van der Waals surface area contributed by atoms with Crippen molar-refractivity contribution in [1.82, 2.24) is 34.0 Å². The van der Waals surface area contributed by atoms with Crippen LogP contribution in [0.4, 0.5) is 5.82 Å². The van der Waals surface area contributed by atoms with Crippen LogP contribution < -0.4 is 4.90 Å². The van der Waals surface area contributed by atoms with Gasteiger partial charge in [-0.15, -0.1) is 0 Å². The van der Waals surface area contributed by atoms with Gasteiger partial charge in [0.25, 0.3) is 0 Å². The Balaban J connectivity index is 1.28. The maximum Gasteiger partial charge on any atom is 0.239 e. The third-order valence-electron chi connectivity index (χ3n) is 7.90. The van der Waals surface area contributed by atoms with Crippen LogP contribution in [0.2, 0.25) is 0 Å². The van der Waals surface area contributed by atoms with Crippen LogP contribution in [-0.2, 0) is 22.9 Å². The third kappa shape index (κ3) is 3.66. The van der Waals surface area contributed by atoms with Gasteiger partial charge < -0.3 is 18.9 Å². The fraction of sp³-hybridized carbons (Fsp3) is 0.538. The molecule has 0 radical (unpaired) electrons. The van der Waals surface area contributed by atoms with Crippen LogP contribution >= 0.6 is 0 Å². The van der Waals surface area contributed by atoms with Gasteiger partial charge >= 0.3 is 0 Å². The topological polar surface area (TPSA) is 86.4 Å². The molecule has 0 amide bonds. The lowest BCUT2D eigenvalue weighted by Gasteiger charge is -2.42. The second kappa shape index (κ2) is 8.79. The second-order valence-corrected chi connectivity index (χ2v) is 10.2. The number of imidazole rings is 2. The van der Waals surface area contributed by atoms with Gasteiger partial charge in [0.15, 0.2) is 17.0 Å². The van der Waals surface area contributed by atoms with Gasteiger partial charge in [-0.3, -0.25) is 9.47 Å². The van der Waals surface area contributed by atoms with Crippen LogP contribution in [0.1, 0.15) is 18.1 Å². The van der Waals surface area contributed by atoms with E-state index >= 15 is 0 Å². The van der Waals surface area contributed by atoms with Gasteiger partial charge in [0, 0.05) is 52.3 Å². The molecule has 0 N–H and O–H groups in total. The van der Waals surface area contributed by atoms with E-state index in [-0.39, 0.29) is 0 Å². The predicted octanol–water partition coefficient (Wildman–Crippen LogP) is 2.11. The van der Waals surface area contributed by atoms with Gasteiger partial charge in [0.05, 0.1) is 30.9 Å². The van der Waals surface area contributed by atoms with Crippen molar-refractivity contribution in [3.63, 3.8) is 0 Å². The van der Waals surface area contributed by atoms with Crippen molar-refractivity contribution < 1.29 is 9.47 Å². The van der Waals surface area contributed by atoms with Crippen molar-refractivity contribution in [3.8, 4) is 5.95 Å². The molecule has 0 aliphatic carbocycles. The highest BCUT2D eigenvalue weighted by Crippen LogP contribution is 2.30. The monoisotopic (exact) mass is 488 g/mol. The minimum absolute atomic E-state index is 0.594. The molecule has 3 aromatic heterocycles. The molecule has 10 heteroatoms. The Kier molecular flexibility index (Phi) is 5.41. The Morgan fingerprint density at radius 2 is 1.81 bits per heavy atom. The lowest BCUT2D eigenvalue weighted by Crippen LogP contribution is -2.53. The number of aryl methyl sites for hydroxylation is 2. The van der Waals surface area contributed by atoms with Gasteiger partial charge in [-0.25, -0.2) is 9.97 Å². The highest BCUT2D eigenvalue weighted by Gasteiger charge is 2.35. The van der Waals surface area contributed by atoms with E-state index in [1.165, 1.54) is 0 Å². The minimum atomic E-state index is 0.594. The number of anilines is 1. The number of para-hydroxylation sites is 2. The van der Waals surface area contributed by atoms with Gasteiger partial charge in [0.1, 0.15) is 11.6 Å². The summed E-state index contributed by atoms with van der Waals surface area (Å²) in [5.74, 6) is 4.08. The van der Waals surface area contributed by atoms with Crippen LogP contribution in [-0.4, -0.2) is 92.6 Å². The normalized spacial score (nSPS) is 21.6. The van der Waals surface area contributed by atoms with E-state index in [9.17, 15) is 0 Å². The number of ether oxygens (including phenoxy) is 2. The number of nitrogens with zero attached hydrogens (tertiary/aromatic N) is 8. The average molecular weight is 489 g/mol. The van der Waals surface area contributed by atoms with Crippen molar-refractivity contribution in [2.75, 3.05) is 57.5 Å². The van der Waals surface area contributed by atoms with Gasteiger partial charge in [0.2, 0.25) is 5.95 Å². The highest BCUT2D eigenvalue weighted by molar-refractivity contribution is 5.86. The maximum absolute atomic E-state index is 5.63. The first kappa shape index (κ1) is 22.1. The van der Waals surface area contributed by atoms with Crippen molar-refractivity contribution in [2.24, 2.45) is 13.0 Å². The summed E-state index contributed by atoms with van der Waals surface area (Å²) in [7, 11) is 2.09. The summed E-state index contributed by atoms with van der Waals surface area (Å²) in [4.78, 5) is 24.9. The predicted molar refractivity (Wildman–Crippen MR) is 137 cm³/mol. The number of fused-ring (bicyclic) bond motifs is 2. The van der Waals surface area contributed by atoms with E-state index in [1.807, 2.05) is 25.1 Å². The zero-order valence-corrected chi connectivity index (χ0v) is 20.9. The van der Waals surface area contributed by atoms with E-state index in [1.54, 1.807) is 0 Å². The number of morpholine rings is 1. The summed E-state index contributed by atoms with van der Waals surface area (Å²) in [6.07, 6.45) is 2.10. The van der Waals surface area contributed by atoms with Gasteiger partial charge in [-0.05, 0) is 31.4 Å². The molecule has 6 heterocycles. The van der Waals surface area contributed by atoms with Crippen LogP contribution in [0.5, 0.6) is 0 Å². The Labute approximate surface area is 209 Å². The molecular weight excluding hydrogens is 456 g/mol. The lowest BCUT2D eigenvalue weighted by molar-refractivity contribution is 0.0441. The van der Waals surface area contributed by atoms with E-state index in [2.05, 4.69) is 32.0 Å². The molecule has 3 fully saturated rings. The first-order chi connectivity index (χ1) is 17.7. The molecule has 4 aromatic rings. The highest BCUT2D eigenvalue weighted by atomic mass is 16.5. The molecule has 1 unspecified atom stereocenters. The molecule has 3 aliphatic rings. The SMILES string of the molecule is Cc1nc2ccccc2n1-c1nc(N2CCOCC2)c2nc(CC3CN(C4CCOC4)C3)n(C)c2n1. The minimum Gasteiger partial charge on any atom is -0.380 e. The molecule has 0 spiro atoms. The smallest absolute Gasteiger partial charge is 0.239 e. The van der Waals surface area contributed by atoms with E-state index in [0.29, 0.717) is 31.1 Å². The molecule has 10 nitrogen and oxygen atoms in total. The Hall–Kier alpha value is -3.08. The van der Waals surface area contributed by atoms with E-state index < -0.39 is 0 Å². The Morgan fingerprint density at radius 3 is 2.61 bits per heavy atom. The number of rotatable bonds is 5. The molecule has 0 saturated carbocycles. The Bertz CT molecular complexity index is 1410. The third-order valence-corrected chi connectivity index (χ3v) is 7.90. The molecule has 1 atom stereocenters. The number of hydrogen-bond donors (Lipinski definition) is 0. The molecule has 1 aromatic carbocycles. The van der Waals surface area contributed by atoms with Crippen LogP contribution in [0.3, 0.4) is 0 Å². The van der Waals surface area contributed by atoms with Crippen molar-refractivity contribution in [2.45, 2.75) is 25.8 Å². The van der Waals surface area contributed by atoms with Crippen LogP contribution in [0.15, 0.2) is 24.3 Å². The largest absolute Gasteiger partial charge is 0.380 e. The number of likely N-dealkylation sites (tertiary alicyclic amines) is 1. The summed E-state index contributed by atoms with van der Waals surface area (Å²) >= 11 is 0. The fourth-order valence-electron chi connectivity index (χ4n) is 5.86.